The SMILES string of the molecule is CN(C)c1cc(C(F)(F)F)nc(N[C@H]2CCCC[C@@H]2O)n1. The van der Waals surface area contributed by atoms with Crippen molar-refractivity contribution in [2.75, 3.05) is 24.3 Å². The van der Waals surface area contributed by atoms with Crippen LogP contribution < -0.4 is 10.2 Å². The van der Waals surface area contributed by atoms with Crippen molar-refractivity contribution in [3.8, 4) is 0 Å². The number of nitrogens with one attached hydrogen (secondary N) is 1. The molecule has 2 N–H and O–H groups in total. The predicted molar refractivity (Wildman–Crippen MR) is 73.2 cm³/mol. The van der Waals surface area contributed by atoms with Gasteiger partial charge in [-0.15, -0.1) is 0 Å². The molecule has 0 unspecified atom stereocenters. The van der Waals surface area contributed by atoms with E-state index in [4.69, 9.17) is 0 Å². The van der Waals surface area contributed by atoms with Crippen molar-refractivity contribution in [1.82, 2.24) is 9.97 Å². The van der Waals surface area contributed by atoms with Gasteiger partial charge in [-0.3, -0.25) is 0 Å². The fourth-order valence-electron chi connectivity index (χ4n) is 2.32. The topological polar surface area (TPSA) is 61.3 Å². The molecule has 1 aliphatic rings. The van der Waals surface area contributed by atoms with Gasteiger partial charge >= 0.3 is 6.18 Å². The second-order valence-electron chi connectivity index (χ2n) is 5.43. The van der Waals surface area contributed by atoms with Crippen molar-refractivity contribution in [1.29, 1.82) is 0 Å². The van der Waals surface area contributed by atoms with Gasteiger partial charge in [0, 0.05) is 20.2 Å². The zero-order valence-electron chi connectivity index (χ0n) is 12.0. The Morgan fingerprint density at radius 1 is 1.24 bits per heavy atom. The van der Waals surface area contributed by atoms with Crippen LogP contribution in [0, 0.1) is 0 Å². The maximum Gasteiger partial charge on any atom is 0.433 e. The van der Waals surface area contributed by atoms with E-state index >= 15 is 0 Å². The van der Waals surface area contributed by atoms with E-state index < -0.39 is 18.0 Å². The lowest BCUT2D eigenvalue weighted by atomic mass is 9.93. The smallest absolute Gasteiger partial charge is 0.391 e. The van der Waals surface area contributed by atoms with Crippen LogP contribution in [0.1, 0.15) is 31.4 Å². The Bertz CT molecular complexity index is 493. The maximum atomic E-state index is 12.9. The summed E-state index contributed by atoms with van der Waals surface area (Å²) in [4.78, 5) is 9.08. The molecular weight excluding hydrogens is 285 g/mol. The number of rotatable bonds is 3. The lowest BCUT2D eigenvalue weighted by Gasteiger charge is -2.28. The maximum absolute atomic E-state index is 12.9. The summed E-state index contributed by atoms with van der Waals surface area (Å²) < 4.78 is 38.6. The highest BCUT2D eigenvalue weighted by Gasteiger charge is 2.34. The second-order valence-corrected chi connectivity index (χ2v) is 5.43. The van der Waals surface area contributed by atoms with Crippen LogP contribution in [0.25, 0.3) is 0 Å². The first kappa shape index (κ1) is 15.8. The molecule has 1 heterocycles. The Morgan fingerprint density at radius 2 is 1.90 bits per heavy atom. The molecule has 2 rings (SSSR count). The van der Waals surface area contributed by atoms with Crippen LogP contribution in [0.4, 0.5) is 24.9 Å². The summed E-state index contributed by atoms with van der Waals surface area (Å²) in [5.74, 6) is 0.0737. The van der Waals surface area contributed by atoms with Gasteiger partial charge in [-0.25, -0.2) is 4.98 Å². The number of hydrogen-bond acceptors (Lipinski definition) is 5. The molecule has 1 aliphatic carbocycles. The summed E-state index contributed by atoms with van der Waals surface area (Å²) in [6.45, 7) is 0. The molecular formula is C13H19F3N4O. The van der Waals surface area contributed by atoms with Crippen LogP contribution in [0.3, 0.4) is 0 Å². The minimum absolute atomic E-state index is 0.0977. The third-order valence-corrected chi connectivity index (χ3v) is 3.51. The summed E-state index contributed by atoms with van der Waals surface area (Å²) in [6, 6.07) is 0.597. The van der Waals surface area contributed by atoms with E-state index in [2.05, 4.69) is 15.3 Å². The van der Waals surface area contributed by atoms with E-state index in [1.807, 2.05) is 0 Å². The number of alkyl halides is 3. The van der Waals surface area contributed by atoms with Gasteiger partial charge in [-0.1, -0.05) is 12.8 Å². The van der Waals surface area contributed by atoms with Gasteiger partial charge in [-0.2, -0.15) is 18.2 Å². The van der Waals surface area contributed by atoms with E-state index in [9.17, 15) is 18.3 Å². The van der Waals surface area contributed by atoms with Crippen LogP contribution in [-0.4, -0.2) is 41.3 Å². The molecule has 0 aliphatic heterocycles. The Morgan fingerprint density at radius 3 is 2.48 bits per heavy atom. The first-order valence-corrected chi connectivity index (χ1v) is 6.85. The van der Waals surface area contributed by atoms with E-state index in [0.29, 0.717) is 12.8 Å². The predicted octanol–water partition coefficient (Wildman–Crippen LogP) is 2.28. The number of aromatic nitrogens is 2. The molecule has 0 bridgehead atoms. The summed E-state index contributed by atoms with van der Waals surface area (Å²) in [5.41, 5.74) is -0.992. The number of nitrogens with zero attached hydrogens (tertiary/aromatic N) is 3. The normalized spacial score (nSPS) is 23.0. The minimum atomic E-state index is -4.53. The molecule has 0 spiro atoms. The quantitative estimate of drug-likeness (QED) is 0.897. The summed E-state index contributed by atoms with van der Waals surface area (Å²) in [5, 5.41) is 12.7. The third kappa shape index (κ3) is 3.96. The molecule has 0 radical (unpaired) electrons. The van der Waals surface area contributed by atoms with Gasteiger partial charge in [-0.05, 0) is 12.8 Å². The van der Waals surface area contributed by atoms with E-state index in [1.54, 1.807) is 14.1 Å². The molecule has 1 aromatic heterocycles. The van der Waals surface area contributed by atoms with Crippen molar-refractivity contribution in [3.05, 3.63) is 11.8 Å². The molecule has 21 heavy (non-hydrogen) atoms. The molecule has 1 fully saturated rings. The lowest BCUT2D eigenvalue weighted by molar-refractivity contribution is -0.141. The van der Waals surface area contributed by atoms with Gasteiger partial charge in [0.05, 0.1) is 12.1 Å². The molecule has 1 saturated carbocycles. The number of aliphatic hydroxyl groups is 1. The van der Waals surface area contributed by atoms with Gasteiger partial charge in [0.15, 0.2) is 5.69 Å². The summed E-state index contributed by atoms with van der Waals surface area (Å²) in [6.07, 6.45) is -1.94. The first-order valence-electron chi connectivity index (χ1n) is 6.85. The van der Waals surface area contributed by atoms with E-state index in [0.717, 1.165) is 18.9 Å². The third-order valence-electron chi connectivity index (χ3n) is 3.51. The Hall–Kier alpha value is -1.57. The highest BCUT2D eigenvalue weighted by molar-refractivity contribution is 5.44. The van der Waals surface area contributed by atoms with Crippen LogP contribution in [0.15, 0.2) is 6.07 Å². The van der Waals surface area contributed by atoms with Crippen LogP contribution >= 0.6 is 0 Å². The summed E-state index contributed by atoms with van der Waals surface area (Å²) in [7, 11) is 3.23. The Labute approximate surface area is 121 Å². The van der Waals surface area contributed by atoms with Crippen LogP contribution in [0.2, 0.25) is 0 Å². The summed E-state index contributed by atoms with van der Waals surface area (Å²) >= 11 is 0. The average Bonchev–Trinajstić information content (AvgIpc) is 2.40. The van der Waals surface area contributed by atoms with Crippen molar-refractivity contribution in [3.63, 3.8) is 0 Å². The lowest BCUT2D eigenvalue weighted by Crippen LogP contribution is -2.37. The van der Waals surface area contributed by atoms with Crippen LogP contribution in [-0.2, 0) is 6.18 Å². The van der Waals surface area contributed by atoms with E-state index in [1.165, 1.54) is 4.90 Å². The van der Waals surface area contributed by atoms with Crippen molar-refractivity contribution >= 4 is 11.8 Å². The zero-order chi connectivity index (χ0) is 15.6. The van der Waals surface area contributed by atoms with Crippen LogP contribution in [0.5, 0.6) is 0 Å². The van der Waals surface area contributed by atoms with Gasteiger partial charge in [0.25, 0.3) is 0 Å². The standard InChI is InChI=1S/C13H19F3N4O/c1-20(2)11-7-10(13(14,15)16)18-12(19-11)17-8-5-3-4-6-9(8)21/h7-9,21H,3-6H2,1-2H3,(H,17,18,19)/t8-,9-/m0/s1. The van der Waals surface area contributed by atoms with Crippen molar-refractivity contribution in [2.24, 2.45) is 0 Å². The van der Waals surface area contributed by atoms with Crippen molar-refractivity contribution < 1.29 is 18.3 Å². The molecule has 0 aromatic carbocycles. The van der Waals surface area contributed by atoms with Crippen molar-refractivity contribution in [2.45, 2.75) is 44.0 Å². The largest absolute Gasteiger partial charge is 0.433 e. The van der Waals surface area contributed by atoms with E-state index in [-0.39, 0.29) is 17.8 Å². The molecule has 8 heteroatoms. The van der Waals surface area contributed by atoms with Gasteiger partial charge < -0.3 is 15.3 Å². The first-order chi connectivity index (χ1) is 9.77. The number of halogens is 3. The average molecular weight is 304 g/mol. The number of aliphatic hydroxyl groups excluding tert-OH is 1. The van der Waals surface area contributed by atoms with Gasteiger partial charge in [0.2, 0.25) is 5.95 Å². The number of anilines is 2. The highest BCUT2D eigenvalue weighted by Crippen LogP contribution is 2.31. The molecule has 0 amide bonds. The molecule has 1 aromatic rings. The highest BCUT2D eigenvalue weighted by atomic mass is 19.4. The fraction of sp³-hybridized carbons (Fsp3) is 0.692. The molecule has 0 saturated heterocycles. The second kappa shape index (κ2) is 6.05. The van der Waals surface area contributed by atoms with Gasteiger partial charge in [0.1, 0.15) is 5.82 Å². The fourth-order valence-corrected chi connectivity index (χ4v) is 2.32. The monoisotopic (exact) mass is 304 g/mol. The Kier molecular flexibility index (Phi) is 4.55. The number of hydrogen-bond donors (Lipinski definition) is 2. The Balaban J connectivity index is 2.27. The molecule has 118 valence electrons. The zero-order valence-corrected chi connectivity index (χ0v) is 12.0. The minimum Gasteiger partial charge on any atom is -0.391 e. The molecule has 5 nitrogen and oxygen atoms in total. The molecule has 2 atom stereocenters.